The first-order valence-corrected chi connectivity index (χ1v) is 11.1. The first-order chi connectivity index (χ1) is 17.3. The van der Waals surface area contributed by atoms with Gasteiger partial charge in [0, 0.05) is 35.8 Å². The summed E-state index contributed by atoms with van der Waals surface area (Å²) in [6, 6.07) is 13.3. The molecule has 0 saturated carbocycles. The minimum Gasteiger partial charge on any atom is -0.507 e. The van der Waals surface area contributed by atoms with Crippen molar-refractivity contribution in [2.24, 2.45) is 0 Å². The van der Waals surface area contributed by atoms with E-state index in [2.05, 4.69) is 4.98 Å². The average molecular weight is 487 g/mol. The molecule has 1 saturated heterocycles. The van der Waals surface area contributed by atoms with Crippen molar-refractivity contribution in [3.05, 3.63) is 105 Å². The third-order valence-electron chi connectivity index (χ3n) is 5.59. The molecule has 1 atom stereocenters. The van der Waals surface area contributed by atoms with E-state index in [-0.39, 0.29) is 29.0 Å². The monoisotopic (exact) mass is 487 g/mol. The van der Waals surface area contributed by atoms with Crippen LogP contribution in [0.15, 0.2) is 78.6 Å². The third-order valence-corrected chi connectivity index (χ3v) is 5.59. The number of ether oxygens (including phenoxy) is 1. The van der Waals surface area contributed by atoms with Crippen molar-refractivity contribution in [3.8, 4) is 0 Å². The number of ketones is 1. The van der Waals surface area contributed by atoms with E-state index in [4.69, 9.17) is 4.74 Å². The van der Waals surface area contributed by atoms with Crippen LogP contribution in [0, 0.1) is 10.1 Å². The van der Waals surface area contributed by atoms with Gasteiger partial charge in [0.25, 0.3) is 17.4 Å². The fraction of sp³-hybridized carbons (Fsp3) is 0.154. The highest BCUT2D eigenvalue weighted by Crippen LogP contribution is 2.42. The maximum absolute atomic E-state index is 13.2. The van der Waals surface area contributed by atoms with Crippen molar-refractivity contribution >= 4 is 34.8 Å². The normalized spacial score (nSPS) is 16.7. The average Bonchev–Trinajstić information content (AvgIpc) is 3.17. The third kappa shape index (κ3) is 4.56. The first kappa shape index (κ1) is 24.3. The SMILES string of the molecule is CCCOC(=O)c1ccc(N2C(=O)C(=O)/C(=C(\O)c3cccc([N+](=O)[O-])c3)C2c2cccnc2)cc1. The van der Waals surface area contributed by atoms with Gasteiger partial charge in [0.2, 0.25) is 0 Å². The second-order valence-corrected chi connectivity index (χ2v) is 7.95. The number of nitro benzene ring substituents is 1. The highest BCUT2D eigenvalue weighted by molar-refractivity contribution is 6.51. The van der Waals surface area contributed by atoms with E-state index in [1.165, 1.54) is 59.8 Å². The Morgan fingerprint density at radius 3 is 2.50 bits per heavy atom. The summed E-state index contributed by atoms with van der Waals surface area (Å²) in [5.74, 6) is -2.93. The van der Waals surface area contributed by atoms with Crippen molar-refractivity contribution in [2.75, 3.05) is 11.5 Å². The number of nitro groups is 1. The number of benzene rings is 2. The molecule has 1 aromatic heterocycles. The molecule has 1 aliphatic rings. The van der Waals surface area contributed by atoms with Gasteiger partial charge >= 0.3 is 5.97 Å². The largest absolute Gasteiger partial charge is 0.507 e. The van der Waals surface area contributed by atoms with Crippen LogP contribution in [0.1, 0.15) is 40.9 Å². The van der Waals surface area contributed by atoms with E-state index >= 15 is 0 Å². The van der Waals surface area contributed by atoms with Crippen LogP contribution in [-0.4, -0.2) is 39.3 Å². The number of esters is 1. The number of nitrogens with zero attached hydrogens (tertiary/aromatic N) is 3. The number of hydrogen-bond acceptors (Lipinski definition) is 8. The Morgan fingerprint density at radius 2 is 1.86 bits per heavy atom. The van der Waals surface area contributed by atoms with Crippen LogP contribution in [0.3, 0.4) is 0 Å². The molecule has 0 bridgehead atoms. The smallest absolute Gasteiger partial charge is 0.338 e. The number of non-ortho nitro benzene ring substituents is 1. The van der Waals surface area contributed by atoms with Gasteiger partial charge in [0.05, 0.1) is 28.7 Å². The second-order valence-electron chi connectivity index (χ2n) is 7.95. The topological polar surface area (TPSA) is 140 Å². The van der Waals surface area contributed by atoms with Crippen molar-refractivity contribution in [3.63, 3.8) is 0 Å². The maximum atomic E-state index is 13.2. The number of Topliss-reactive ketones (excluding diaryl/α,β-unsaturated/α-hetero) is 1. The van der Waals surface area contributed by atoms with Crippen molar-refractivity contribution in [1.29, 1.82) is 0 Å². The second kappa shape index (κ2) is 10.2. The molecular formula is C26H21N3O7. The zero-order valence-electron chi connectivity index (χ0n) is 19.2. The van der Waals surface area contributed by atoms with E-state index < -0.39 is 34.4 Å². The predicted molar refractivity (Wildman–Crippen MR) is 129 cm³/mol. The fourth-order valence-electron chi connectivity index (χ4n) is 3.91. The van der Waals surface area contributed by atoms with Crippen molar-refractivity contribution in [2.45, 2.75) is 19.4 Å². The number of pyridine rings is 1. The van der Waals surface area contributed by atoms with E-state index in [9.17, 15) is 29.6 Å². The molecular weight excluding hydrogens is 466 g/mol. The molecule has 1 unspecified atom stereocenters. The minimum atomic E-state index is -1.06. The summed E-state index contributed by atoms with van der Waals surface area (Å²) < 4.78 is 5.12. The van der Waals surface area contributed by atoms with Crippen LogP contribution in [0.25, 0.3) is 5.76 Å². The summed E-state index contributed by atoms with van der Waals surface area (Å²) in [5.41, 5.74) is 0.520. The van der Waals surface area contributed by atoms with Crippen LogP contribution in [0.2, 0.25) is 0 Å². The van der Waals surface area contributed by atoms with Gasteiger partial charge in [-0.25, -0.2) is 4.79 Å². The number of aromatic nitrogens is 1. The summed E-state index contributed by atoms with van der Waals surface area (Å²) in [7, 11) is 0. The lowest BCUT2D eigenvalue weighted by Gasteiger charge is -2.25. The summed E-state index contributed by atoms with van der Waals surface area (Å²) in [5, 5.41) is 22.3. The number of aliphatic hydroxyl groups excluding tert-OH is 1. The van der Waals surface area contributed by atoms with E-state index in [0.29, 0.717) is 17.7 Å². The summed E-state index contributed by atoms with van der Waals surface area (Å²) in [4.78, 5) is 54.4. The molecule has 1 fully saturated rings. The van der Waals surface area contributed by atoms with Gasteiger partial charge in [0.1, 0.15) is 5.76 Å². The molecule has 36 heavy (non-hydrogen) atoms. The highest BCUT2D eigenvalue weighted by atomic mass is 16.6. The van der Waals surface area contributed by atoms with Crippen molar-refractivity contribution in [1.82, 2.24) is 4.98 Å². The Morgan fingerprint density at radius 1 is 1.11 bits per heavy atom. The molecule has 2 heterocycles. The number of carbonyl (C=O) groups is 3. The Hall–Kier alpha value is -4.86. The molecule has 2 aromatic carbocycles. The minimum absolute atomic E-state index is 0.0186. The lowest BCUT2D eigenvalue weighted by molar-refractivity contribution is -0.384. The molecule has 1 amide bonds. The Bertz CT molecular complexity index is 1370. The molecule has 182 valence electrons. The van der Waals surface area contributed by atoms with Crippen LogP contribution < -0.4 is 4.90 Å². The molecule has 0 spiro atoms. The predicted octanol–water partition coefficient (Wildman–Crippen LogP) is 4.18. The lowest BCUT2D eigenvalue weighted by atomic mass is 9.96. The van der Waals surface area contributed by atoms with Crippen LogP contribution in [-0.2, 0) is 14.3 Å². The van der Waals surface area contributed by atoms with Gasteiger partial charge in [-0.15, -0.1) is 0 Å². The molecule has 3 aromatic rings. The van der Waals surface area contributed by atoms with Gasteiger partial charge < -0.3 is 9.84 Å². The molecule has 0 radical (unpaired) electrons. The lowest BCUT2D eigenvalue weighted by Crippen LogP contribution is -2.29. The first-order valence-electron chi connectivity index (χ1n) is 11.1. The van der Waals surface area contributed by atoms with E-state index in [0.717, 1.165) is 6.07 Å². The van der Waals surface area contributed by atoms with Gasteiger partial charge in [-0.3, -0.25) is 29.6 Å². The number of anilines is 1. The molecule has 10 nitrogen and oxygen atoms in total. The Labute approximate surface area is 205 Å². The number of amides is 1. The Kier molecular flexibility index (Phi) is 6.86. The van der Waals surface area contributed by atoms with Crippen LogP contribution in [0.5, 0.6) is 0 Å². The quantitative estimate of drug-likeness (QED) is 0.131. The van der Waals surface area contributed by atoms with Gasteiger partial charge in [0.15, 0.2) is 0 Å². The summed E-state index contributed by atoms with van der Waals surface area (Å²) in [6.45, 7) is 2.15. The standard InChI is InChI=1S/C26H21N3O7/c1-2-13-36-26(33)16-8-10-19(11-9-16)28-22(18-6-4-12-27-15-18)21(24(31)25(28)32)23(30)17-5-3-7-20(14-17)29(34)35/h3-12,14-15,22,30H,2,13H2,1H3/b23-21-. The molecule has 1 aliphatic heterocycles. The molecule has 4 rings (SSSR count). The number of aliphatic hydroxyl groups is 1. The number of carbonyl (C=O) groups excluding carboxylic acids is 3. The van der Waals surface area contributed by atoms with Gasteiger partial charge in [-0.05, 0) is 42.3 Å². The summed E-state index contributed by atoms with van der Waals surface area (Å²) in [6.07, 6.45) is 3.65. The number of rotatable bonds is 7. The number of hydrogen-bond donors (Lipinski definition) is 1. The van der Waals surface area contributed by atoms with Gasteiger partial charge in [-0.1, -0.05) is 25.1 Å². The van der Waals surface area contributed by atoms with Gasteiger partial charge in [-0.2, -0.15) is 0 Å². The summed E-state index contributed by atoms with van der Waals surface area (Å²) >= 11 is 0. The highest BCUT2D eigenvalue weighted by Gasteiger charge is 2.47. The molecule has 1 N–H and O–H groups in total. The van der Waals surface area contributed by atoms with Crippen molar-refractivity contribution < 1.29 is 29.2 Å². The Balaban J connectivity index is 1.82. The zero-order valence-corrected chi connectivity index (χ0v) is 19.2. The maximum Gasteiger partial charge on any atom is 0.338 e. The molecule has 0 aliphatic carbocycles. The zero-order chi connectivity index (χ0) is 25.8. The van der Waals surface area contributed by atoms with E-state index in [1.54, 1.807) is 12.1 Å². The van der Waals surface area contributed by atoms with E-state index in [1.807, 2.05) is 6.92 Å². The van der Waals surface area contributed by atoms with Crippen LogP contribution >= 0.6 is 0 Å². The molecule has 10 heteroatoms. The van der Waals surface area contributed by atoms with Crippen LogP contribution in [0.4, 0.5) is 11.4 Å². The fourth-order valence-corrected chi connectivity index (χ4v) is 3.91.